The van der Waals surface area contributed by atoms with Gasteiger partial charge in [-0.25, -0.2) is 0 Å². The fourth-order valence-corrected chi connectivity index (χ4v) is 2.57. The zero-order chi connectivity index (χ0) is 13.1. The molecule has 4 nitrogen and oxygen atoms in total. The fraction of sp³-hybridized carbons (Fsp3) is 0.571. The number of nitrogens with one attached hydrogen (secondary N) is 1. The van der Waals surface area contributed by atoms with Gasteiger partial charge >= 0.3 is 0 Å². The molecule has 0 aliphatic carbocycles. The highest BCUT2D eigenvalue weighted by Crippen LogP contribution is 2.36. The van der Waals surface area contributed by atoms with E-state index in [9.17, 15) is 0 Å². The topological polar surface area (TPSA) is 39.7 Å². The van der Waals surface area contributed by atoms with Crippen LogP contribution in [0.2, 0.25) is 0 Å². The molecule has 0 radical (unpaired) electrons. The van der Waals surface area contributed by atoms with E-state index in [1.165, 1.54) is 11.1 Å². The molecule has 4 heteroatoms. The largest absolute Gasteiger partial charge is 0.497 e. The number of ether oxygens (including phenoxy) is 3. The summed E-state index contributed by atoms with van der Waals surface area (Å²) in [7, 11) is 5.09. The quantitative estimate of drug-likeness (QED) is 0.887. The van der Waals surface area contributed by atoms with Gasteiger partial charge in [-0.3, -0.25) is 0 Å². The van der Waals surface area contributed by atoms with Crippen molar-refractivity contribution < 1.29 is 14.2 Å². The molecule has 1 heterocycles. The van der Waals surface area contributed by atoms with Gasteiger partial charge in [0.25, 0.3) is 0 Å². The summed E-state index contributed by atoms with van der Waals surface area (Å²) in [5, 5.41) is 3.54. The first-order chi connectivity index (χ1) is 8.69. The summed E-state index contributed by atoms with van der Waals surface area (Å²) in [5.74, 6) is 1.72. The smallest absolute Gasteiger partial charge is 0.126 e. The van der Waals surface area contributed by atoms with Gasteiger partial charge in [-0.1, -0.05) is 0 Å². The van der Waals surface area contributed by atoms with Crippen molar-refractivity contribution in [2.45, 2.75) is 25.4 Å². The van der Waals surface area contributed by atoms with E-state index in [1.54, 1.807) is 21.3 Å². The van der Waals surface area contributed by atoms with Gasteiger partial charge in [-0.05, 0) is 25.0 Å². The van der Waals surface area contributed by atoms with Gasteiger partial charge in [0, 0.05) is 24.8 Å². The monoisotopic (exact) mass is 251 g/mol. The SMILES string of the molecule is COCC1NC(C)Cc2c(OC)cc(OC)cc21. The molecule has 0 fully saturated rings. The number of rotatable bonds is 4. The lowest BCUT2D eigenvalue weighted by molar-refractivity contribution is 0.157. The van der Waals surface area contributed by atoms with Gasteiger partial charge in [-0.2, -0.15) is 0 Å². The van der Waals surface area contributed by atoms with E-state index in [-0.39, 0.29) is 6.04 Å². The van der Waals surface area contributed by atoms with Crippen LogP contribution in [0.15, 0.2) is 12.1 Å². The molecule has 0 aromatic heterocycles. The number of hydrogen-bond donors (Lipinski definition) is 1. The minimum Gasteiger partial charge on any atom is -0.497 e. The molecule has 2 unspecified atom stereocenters. The second kappa shape index (κ2) is 5.59. The Morgan fingerprint density at radius 2 is 2.00 bits per heavy atom. The molecule has 1 aliphatic rings. The van der Waals surface area contributed by atoms with E-state index in [0.717, 1.165) is 17.9 Å². The second-order valence-corrected chi connectivity index (χ2v) is 4.68. The van der Waals surface area contributed by atoms with Crippen molar-refractivity contribution in [3.05, 3.63) is 23.3 Å². The third kappa shape index (κ3) is 2.44. The Bertz CT molecular complexity index is 420. The summed E-state index contributed by atoms with van der Waals surface area (Å²) in [6.45, 7) is 2.82. The Balaban J connectivity index is 2.47. The average molecular weight is 251 g/mol. The zero-order valence-electron chi connectivity index (χ0n) is 11.4. The van der Waals surface area contributed by atoms with E-state index in [0.29, 0.717) is 12.6 Å². The van der Waals surface area contributed by atoms with Crippen LogP contribution in [-0.2, 0) is 11.2 Å². The summed E-state index contributed by atoms with van der Waals surface area (Å²) in [6.07, 6.45) is 0.961. The minimum absolute atomic E-state index is 0.192. The van der Waals surface area contributed by atoms with Crippen molar-refractivity contribution in [3.63, 3.8) is 0 Å². The van der Waals surface area contributed by atoms with Crippen molar-refractivity contribution >= 4 is 0 Å². The molecule has 0 saturated heterocycles. The van der Waals surface area contributed by atoms with Crippen LogP contribution in [0.4, 0.5) is 0 Å². The summed E-state index contributed by atoms with van der Waals surface area (Å²) >= 11 is 0. The van der Waals surface area contributed by atoms with Gasteiger partial charge in [-0.15, -0.1) is 0 Å². The summed E-state index contributed by atoms with van der Waals surface area (Å²) in [5.41, 5.74) is 2.47. The molecular weight excluding hydrogens is 230 g/mol. The number of methoxy groups -OCH3 is 3. The Labute approximate surface area is 108 Å². The third-order valence-corrected chi connectivity index (χ3v) is 3.38. The summed E-state index contributed by atoms with van der Waals surface area (Å²) < 4.78 is 16.1. The third-order valence-electron chi connectivity index (χ3n) is 3.38. The van der Waals surface area contributed by atoms with E-state index >= 15 is 0 Å². The van der Waals surface area contributed by atoms with Crippen molar-refractivity contribution in [2.75, 3.05) is 27.9 Å². The Morgan fingerprint density at radius 1 is 1.22 bits per heavy atom. The van der Waals surface area contributed by atoms with Crippen molar-refractivity contribution in [1.82, 2.24) is 5.32 Å². The summed E-state index contributed by atoms with van der Waals surface area (Å²) in [6, 6.07) is 4.62. The van der Waals surface area contributed by atoms with Gasteiger partial charge in [0.2, 0.25) is 0 Å². The van der Waals surface area contributed by atoms with Gasteiger partial charge in [0.05, 0.1) is 26.9 Å². The predicted octanol–water partition coefficient (Wildman–Crippen LogP) is 1.93. The van der Waals surface area contributed by atoms with E-state index in [2.05, 4.69) is 18.3 Å². The summed E-state index contributed by atoms with van der Waals surface area (Å²) in [4.78, 5) is 0. The van der Waals surface area contributed by atoms with Crippen LogP contribution in [0.25, 0.3) is 0 Å². The Kier molecular flexibility index (Phi) is 4.09. The van der Waals surface area contributed by atoms with Crippen molar-refractivity contribution in [1.29, 1.82) is 0 Å². The van der Waals surface area contributed by atoms with Crippen LogP contribution in [0, 0.1) is 0 Å². The standard InChI is InChI=1S/C14H21NO3/c1-9-5-12-11(13(15-9)8-16-2)6-10(17-3)7-14(12)18-4/h6-7,9,13,15H,5,8H2,1-4H3. The average Bonchev–Trinajstić information content (AvgIpc) is 2.38. The molecule has 0 saturated carbocycles. The molecular formula is C14H21NO3. The molecule has 1 aromatic rings. The lowest BCUT2D eigenvalue weighted by Crippen LogP contribution is -2.39. The van der Waals surface area contributed by atoms with Crippen LogP contribution in [0.1, 0.15) is 24.1 Å². The predicted molar refractivity (Wildman–Crippen MR) is 70.5 cm³/mol. The first-order valence-electron chi connectivity index (χ1n) is 6.19. The minimum atomic E-state index is 0.192. The van der Waals surface area contributed by atoms with E-state index in [4.69, 9.17) is 14.2 Å². The molecule has 1 N–H and O–H groups in total. The van der Waals surface area contributed by atoms with Crippen LogP contribution >= 0.6 is 0 Å². The zero-order valence-corrected chi connectivity index (χ0v) is 11.4. The van der Waals surface area contributed by atoms with E-state index < -0.39 is 0 Å². The molecule has 100 valence electrons. The maximum atomic E-state index is 5.48. The van der Waals surface area contributed by atoms with Crippen LogP contribution in [0.3, 0.4) is 0 Å². The normalized spacial score (nSPS) is 22.4. The van der Waals surface area contributed by atoms with Gasteiger partial charge in [0.1, 0.15) is 11.5 Å². The highest BCUT2D eigenvalue weighted by Gasteiger charge is 2.27. The van der Waals surface area contributed by atoms with Crippen LogP contribution in [-0.4, -0.2) is 34.0 Å². The second-order valence-electron chi connectivity index (χ2n) is 4.68. The fourth-order valence-electron chi connectivity index (χ4n) is 2.57. The lowest BCUT2D eigenvalue weighted by atomic mass is 9.90. The lowest BCUT2D eigenvalue weighted by Gasteiger charge is -2.32. The Morgan fingerprint density at radius 3 is 2.61 bits per heavy atom. The van der Waals surface area contributed by atoms with Gasteiger partial charge < -0.3 is 19.5 Å². The number of benzene rings is 1. The number of hydrogen-bond acceptors (Lipinski definition) is 4. The molecule has 2 rings (SSSR count). The maximum absolute atomic E-state index is 5.48. The maximum Gasteiger partial charge on any atom is 0.126 e. The molecule has 0 spiro atoms. The van der Waals surface area contributed by atoms with Crippen LogP contribution in [0.5, 0.6) is 11.5 Å². The molecule has 18 heavy (non-hydrogen) atoms. The highest BCUT2D eigenvalue weighted by atomic mass is 16.5. The van der Waals surface area contributed by atoms with Crippen molar-refractivity contribution in [2.24, 2.45) is 0 Å². The first-order valence-corrected chi connectivity index (χ1v) is 6.19. The molecule has 1 aliphatic heterocycles. The highest BCUT2D eigenvalue weighted by molar-refractivity contribution is 5.49. The van der Waals surface area contributed by atoms with Crippen molar-refractivity contribution in [3.8, 4) is 11.5 Å². The molecule has 0 amide bonds. The first kappa shape index (κ1) is 13.2. The van der Waals surface area contributed by atoms with E-state index in [1.807, 2.05) is 6.07 Å². The Hall–Kier alpha value is -1.26. The molecule has 2 atom stereocenters. The molecule has 1 aromatic carbocycles. The van der Waals surface area contributed by atoms with Gasteiger partial charge in [0.15, 0.2) is 0 Å². The number of fused-ring (bicyclic) bond motifs is 1. The van der Waals surface area contributed by atoms with Crippen LogP contribution < -0.4 is 14.8 Å². The molecule has 0 bridgehead atoms.